The van der Waals surface area contributed by atoms with E-state index in [9.17, 15) is 29.7 Å². The predicted octanol–water partition coefficient (Wildman–Crippen LogP) is 5.30. The quantitative estimate of drug-likeness (QED) is 0.182. The van der Waals surface area contributed by atoms with Crippen molar-refractivity contribution in [2.75, 3.05) is 7.11 Å². The molecule has 2 rings (SSSR count). The Kier molecular flexibility index (Phi) is 16.3. The van der Waals surface area contributed by atoms with Gasteiger partial charge < -0.3 is 39.4 Å². The molecule has 0 bridgehead atoms. The molecule has 0 radical (unpaired) electrons. The molecule has 0 amide bonds. The summed E-state index contributed by atoms with van der Waals surface area (Å²) in [5.74, 6) is -7.15. The maximum absolute atomic E-state index is 13.5. The highest BCUT2D eigenvalue weighted by Gasteiger charge is 2.53. The van der Waals surface area contributed by atoms with E-state index in [1.54, 1.807) is 39.0 Å². The maximum Gasteiger partial charge on any atom is 0.334 e. The van der Waals surface area contributed by atoms with Crippen LogP contribution in [0.25, 0.3) is 0 Å². The zero-order chi connectivity index (χ0) is 38.1. The first kappa shape index (κ1) is 43.1. The predicted molar refractivity (Wildman–Crippen MR) is 189 cm³/mol. The topological polar surface area (TPSA) is 169 Å². The summed E-state index contributed by atoms with van der Waals surface area (Å²) in [5.41, 5.74) is 2.14. The summed E-state index contributed by atoms with van der Waals surface area (Å²) in [7, 11) is 1.48. The molecule has 11 nitrogen and oxygen atoms in total. The molecule has 1 saturated heterocycles. The highest BCUT2D eigenvalue weighted by molar-refractivity contribution is 5.90. The standard InChI is InChI=1S/C39H60O11/c1-21(2)36-27(8)31(48-33(42)16-15-32(40)41)20-39(46,50-36)29(10)35(44)28(9)37-30(47-11)14-12-13-22(3)17-24(5)34(43)25(6)18-23(4)19-26(7)38(45)49-37/h12-16,18-19,21,24-25,27-31,34-37,43-44,46H,17,20H2,1-11H3,(H,40,41)/b14-12?,16-15+,22-13?,23-18?,26-19?. The molecule has 11 heteroatoms. The molecule has 0 aromatic heterocycles. The van der Waals surface area contributed by atoms with Gasteiger partial charge in [0.15, 0.2) is 5.79 Å². The molecule has 282 valence electrons. The number of carboxylic acid groups (broad SMARTS) is 1. The number of cyclic esters (lactones) is 1. The second-order valence-electron chi connectivity index (χ2n) is 14.8. The fourth-order valence-electron chi connectivity index (χ4n) is 7.02. The Labute approximate surface area is 297 Å². The van der Waals surface area contributed by atoms with Gasteiger partial charge in [-0.25, -0.2) is 14.4 Å². The minimum atomic E-state index is -1.97. The lowest BCUT2D eigenvalue weighted by Crippen LogP contribution is -2.59. The summed E-state index contributed by atoms with van der Waals surface area (Å²) in [4.78, 5) is 36.9. The summed E-state index contributed by atoms with van der Waals surface area (Å²) in [5, 5.41) is 43.7. The van der Waals surface area contributed by atoms with Crippen molar-refractivity contribution in [3.05, 3.63) is 59.3 Å². The summed E-state index contributed by atoms with van der Waals surface area (Å²) >= 11 is 0. The van der Waals surface area contributed by atoms with Gasteiger partial charge in [0.05, 0.1) is 18.3 Å². The molecule has 0 aromatic rings. The summed E-state index contributed by atoms with van der Waals surface area (Å²) < 4.78 is 23.8. The number of esters is 2. The van der Waals surface area contributed by atoms with E-state index in [0.29, 0.717) is 18.1 Å². The van der Waals surface area contributed by atoms with Crippen LogP contribution in [0.2, 0.25) is 0 Å². The van der Waals surface area contributed by atoms with E-state index in [1.807, 2.05) is 60.6 Å². The number of aliphatic carboxylic acids is 1. The van der Waals surface area contributed by atoms with Gasteiger partial charge in [0.25, 0.3) is 0 Å². The van der Waals surface area contributed by atoms with E-state index in [1.165, 1.54) is 7.11 Å². The van der Waals surface area contributed by atoms with Gasteiger partial charge in [-0.15, -0.1) is 0 Å². The average Bonchev–Trinajstić information content (AvgIpc) is 3.04. The molecule has 12 atom stereocenters. The summed E-state index contributed by atoms with van der Waals surface area (Å²) in [6.45, 7) is 18.4. The SMILES string of the molecule is COC1C=CC=C(C)CC(C)C(O)C(C)C=C(C)C=C(C)C(=O)OC1C(C)C(O)C(C)C1(O)CC(OC(=O)/C=C/C(=O)O)C(C)C(C(C)C)O1. The Bertz CT molecular complexity index is 1330. The van der Waals surface area contributed by atoms with E-state index in [0.717, 1.165) is 17.2 Å². The van der Waals surface area contributed by atoms with Gasteiger partial charge in [-0.2, -0.15) is 0 Å². The van der Waals surface area contributed by atoms with E-state index in [2.05, 4.69) is 0 Å². The van der Waals surface area contributed by atoms with Crippen LogP contribution in [-0.2, 0) is 33.3 Å². The number of aliphatic hydroxyl groups excluding tert-OH is 2. The minimum absolute atomic E-state index is 0.0142. The Morgan fingerprint density at radius 3 is 2.28 bits per heavy atom. The van der Waals surface area contributed by atoms with Crippen LogP contribution in [0.15, 0.2) is 59.3 Å². The number of carbonyl (C=O) groups excluding carboxylic acids is 2. The molecule has 0 aliphatic carbocycles. The molecule has 4 N–H and O–H groups in total. The van der Waals surface area contributed by atoms with Gasteiger partial charge >= 0.3 is 17.9 Å². The first-order valence-electron chi connectivity index (χ1n) is 17.5. The number of allylic oxidation sites excluding steroid dienone is 5. The number of methoxy groups -OCH3 is 1. The second-order valence-corrected chi connectivity index (χ2v) is 14.8. The number of hydrogen-bond donors (Lipinski definition) is 4. The number of carboxylic acids is 1. The van der Waals surface area contributed by atoms with E-state index >= 15 is 0 Å². The number of carbonyl (C=O) groups is 3. The van der Waals surface area contributed by atoms with Crippen molar-refractivity contribution in [3.8, 4) is 0 Å². The van der Waals surface area contributed by atoms with Crippen molar-refractivity contribution in [3.63, 3.8) is 0 Å². The zero-order valence-corrected chi connectivity index (χ0v) is 31.5. The number of aliphatic hydroxyl groups is 3. The van der Waals surface area contributed by atoms with Gasteiger partial charge in [0, 0.05) is 54.9 Å². The molecule has 0 aromatic carbocycles. The van der Waals surface area contributed by atoms with Crippen LogP contribution in [-0.4, -0.2) is 87.9 Å². The van der Waals surface area contributed by atoms with E-state index in [-0.39, 0.29) is 30.1 Å². The summed E-state index contributed by atoms with van der Waals surface area (Å²) in [6, 6.07) is 0. The van der Waals surface area contributed by atoms with Crippen molar-refractivity contribution < 1.29 is 53.8 Å². The van der Waals surface area contributed by atoms with E-state index in [4.69, 9.17) is 24.1 Å². The molecule has 2 heterocycles. The first-order valence-corrected chi connectivity index (χ1v) is 17.5. The van der Waals surface area contributed by atoms with Crippen LogP contribution < -0.4 is 0 Å². The van der Waals surface area contributed by atoms with Crippen LogP contribution in [0.3, 0.4) is 0 Å². The largest absolute Gasteiger partial charge is 0.478 e. The fourth-order valence-corrected chi connectivity index (χ4v) is 7.02. The van der Waals surface area contributed by atoms with Crippen LogP contribution in [0.1, 0.15) is 82.1 Å². The van der Waals surface area contributed by atoms with Crippen LogP contribution in [0.4, 0.5) is 0 Å². The molecule has 50 heavy (non-hydrogen) atoms. The molecule has 12 unspecified atom stereocenters. The number of rotatable bonds is 9. The summed E-state index contributed by atoms with van der Waals surface area (Å²) in [6.07, 6.45) is 5.98. The average molecular weight is 705 g/mol. The minimum Gasteiger partial charge on any atom is -0.478 e. The van der Waals surface area contributed by atoms with Crippen LogP contribution in [0, 0.1) is 35.5 Å². The Balaban J connectivity index is 2.51. The molecule has 2 aliphatic heterocycles. The van der Waals surface area contributed by atoms with Crippen LogP contribution in [0.5, 0.6) is 0 Å². The lowest BCUT2D eigenvalue weighted by molar-refractivity contribution is -0.329. The van der Waals surface area contributed by atoms with Gasteiger partial charge in [0.1, 0.15) is 18.3 Å². The Hall–Kier alpha value is -3.09. The third-order valence-electron chi connectivity index (χ3n) is 10.1. The van der Waals surface area contributed by atoms with Crippen molar-refractivity contribution in [1.29, 1.82) is 0 Å². The number of ether oxygens (including phenoxy) is 4. The Morgan fingerprint density at radius 1 is 1.06 bits per heavy atom. The lowest BCUT2D eigenvalue weighted by atomic mass is 9.76. The van der Waals surface area contributed by atoms with Crippen molar-refractivity contribution in [2.24, 2.45) is 35.5 Å². The third-order valence-corrected chi connectivity index (χ3v) is 10.1. The van der Waals surface area contributed by atoms with Crippen molar-refractivity contribution in [1.82, 2.24) is 0 Å². The highest BCUT2D eigenvalue weighted by atomic mass is 16.6. The smallest absolute Gasteiger partial charge is 0.334 e. The van der Waals surface area contributed by atoms with Gasteiger partial charge in [-0.1, -0.05) is 83.9 Å². The van der Waals surface area contributed by atoms with Crippen molar-refractivity contribution in [2.45, 2.75) is 124 Å². The third kappa shape index (κ3) is 11.7. The van der Waals surface area contributed by atoms with Crippen molar-refractivity contribution >= 4 is 17.9 Å². The van der Waals surface area contributed by atoms with Gasteiger partial charge in [-0.05, 0) is 45.1 Å². The molecule has 0 saturated carbocycles. The van der Waals surface area contributed by atoms with Crippen LogP contribution >= 0.6 is 0 Å². The maximum atomic E-state index is 13.5. The normalized spacial score (nSPS) is 33.9. The monoisotopic (exact) mass is 704 g/mol. The lowest BCUT2D eigenvalue weighted by Gasteiger charge is -2.50. The molecule has 1 fully saturated rings. The highest BCUT2D eigenvalue weighted by Crippen LogP contribution is 2.42. The zero-order valence-electron chi connectivity index (χ0n) is 31.5. The molecular weight excluding hydrogens is 644 g/mol. The van der Waals surface area contributed by atoms with Gasteiger partial charge in [0.2, 0.25) is 0 Å². The molecular formula is C39H60O11. The van der Waals surface area contributed by atoms with E-state index < -0.39 is 72.2 Å². The fraction of sp³-hybridized carbons (Fsp3) is 0.667. The first-order chi connectivity index (χ1) is 23.2. The second kappa shape index (κ2) is 18.9. The molecule has 2 aliphatic rings. The van der Waals surface area contributed by atoms with Gasteiger partial charge in [-0.3, -0.25) is 0 Å². The Morgan fingerprint density at radius 2 is 1.70 bits per heavy atom. The molecule has 0 spiro atoms. The number of hydrogen-bond acceptors (Lipinski definition) is 10.